The first-order chi connectivity index (χ1) is 23.2. The van der Waals surface area contributed by atoms with Gasteiger partial charge in [-0.05, 0) is 45.3 Å². The van der Waals surface area contributed by atoms with E-state index in [1.54, 1.807) is 27.0 Å². The molecule has 3 aromatic heterocycles. The molecule has 3 aliphatic heterocycles. The predicted octanol–water partition coefficient (Wildman–Crippen LogP) is 5.26. The van der Waals surface area contributed by atoms with Crippen LogP contribution in [0.4, 0.5) is 24.5 Å². The number of thiophene rings is 1. The fourth-order valence-electron chi connectivity index (χ4n) is 6.46. The van der Waals surface area contributed by atoms with Crippen LogP contribution in [0.5, 0.6) is 0 Å². The highest BCUT2D eigenvalue weighted by molar-refractivity contribution is 7.23. The number of nitriles is 1. The molecule has 0 unspecified atom stereocenters. The Morgan fingerprint density at radius 2 is 1.96 bits per heavy atom. The Balaban J connectivity index is 1.26. The number of nitrogens with one attached hydrogen (secondary N) is 1. The maximum absolute atomic E-state index is 16.9. The number of ether oxygens (including phenoxy) is 2. The molecule has 2 saturated heterocycles. The Morgan fingerprint density at radius 1 is 1.17 bits per heavy atom. The van der Waals surface area contributed by atoms with Gasteiger partial charge in [-0.25, -0.2) is 23.5 Å². The topological polar surface area (TPSA) is 120 Å². The number of nitrogens with zero attached hydrogens (tertiary/aromatic N) is 7. The average Bonchev–Trinajstić information content (AvgIpc) is 3.80. The number of halogens is 2. The second-order valence-electron chi connectivity index (χ2n) is 12.7. The molecule has 2 fully saturated rings. The zero-order valence-corrected chi connectivity index (χ0v) is 26.4. The van der Waals surface area contributed by atoms with Gasteiger partial charge >= 0.3 is 6.09 Å². The fourth-order valence-corrected chi connectivity index (χ4v) is 7.50. The van der Waals surface area contributed by atoms with E-state index in [1.165, 1.54) is 4.90 Å². The number of hydrogen-bond donors (Lipinski definition) is 1. The molecule has 0 bridgehead atoms. The van der Waals surface area contributed by atoms with Crippen LogP contribution in [0.2, 0.25) is 0 Å². The van der Waals surface area contributed by atoms with Crippen LogP contribution >= 0.6 is 11.3 Å². The third-order valence-electron chi connectivity index (χ3n) is 8.60. The molecule has 1 N–H and O–H groups in total. The molecule has 1 aromatic carbocycles. The van der Waals surface area contributed by atoms with Crippen molar-refractivity contribution in [2.24, 2.45) is 0 Å². The van der Waals surface area contributed by atoms with Crippen molar-refractivity contribution in [3.8, 4) is 17.3 Å². The van der Waals surface area contributed by atoms with Gasteiger partial charge in [0.05, 0.1) is 35.4 Å². The zero-order valence-electron chi connectivity index (χ0n) is 28.6. The molecule has 11 nitrogen and oxygen atoms in total. The number of piperazine rings is 1. The van der Waals surface area contributed by atoms with E-state index in [-0.39, 0.29) is 56.7 Å². The highest BCUT2D eigenvalue weighted by Gasteiger charge is 2.33. The van der Waals surface area contributed by atoms with Gasteiger partial charge in [0.15, 0.2) is 11.6 Å². The second-order valence-corrected chi connectivity index (χ2v) is 13.7. The smallest absolute Gasteiger partial charge is 0.412 e. The maximum Gasteiger partial charge on any atom is 0.412 e. The summed E-state index contributed by atoms with van der Waals surface area (Å²) < 4.78 is 66.4. The van der Waals surface area contributed by atoms with E-state index >= 15 is 8.78 Å². The minimum Gasteiger partial charge on any atom is -0.444 e. The van der Waals surface area contributed by atoms with Gasteiger partial charge in [0.25, 0.3) is 0 Å². The van der Waals surface area contributed by atoms with Gasteiger partial charge in [-0.2, -0.15) is 5.26 Å². The van der Waals surface area contributed by atoms with Gasteiger partial charge in [0.1, 0.15) is 22.2 Å². The molecule has 14 heteroatoms. The monoisotopic (exact) mass is 651 g/mol. The fraction of sp³-hybridized carbons (Fsp3) is 0.469. The van der Waals surface area contributed by atoms with Gasteiger partial charge in [-0.1, -0.05) is 0 Å². The molecule has 46 heavy (non-hydrogen) atoms. The van der Waals surface area contributed by atoms with Crippen molar-refractivity contribution < 1.29 is 27.2 Å². The molecule has 1 amide bonds. The van der Waals surface area contributed by atoms with E-state index in [9.17, 15) is 10.1 Å². The third kappa shape index (κ3) is 5.41. The van der Waals surface area contributed by atoms with Crippen LogP contribution in [0.15, 0.2) is 12.4 Å². The summed E-state index contributed by atoms with van der Waals surface area (Å²) in [5.41, 5.74) is 0.471. The van der Waals surface area contributed by atoms with Crippen molar-refractivity contribution in [3.63, 3.8) is 0 Å². The Kier molecular flexibility index (Phi) is 6.87. The van der Waals surface area contributed by atoms with Gasteiger partial charge in [-0.3, -0.25) is 15.2 Å². The zero-order chi connectivity index (χ0) is 34.8. The van der Waals surface area contributed by atoms with E-state index in [0.29, 0.717) is 61.7 Å². The van der Waals surface area contributed by atoms with E-state index in [0.717, 1.165) is 24.0 Å². The molecule has 3 aliphatic rings. The minimum atomic E-state index is -2.10. The average molecular weight is 652 g/mol. The van der Waals surface area contributed by atoms with Crippen molar-refractivity contribution in [1.82, 2.24) is 24.8 Å². The largest absolute Gasteiger partial charge is 0.444 e. The number of fused-ring (bicyclic) bond motifs is 4. The highest BCUT2D eigenvalue weighted by atomic mass is 32.1. The number of anilines is 2. The number of carbonyl (C=O) groups is 1. The molecular weight excluding hydrogens is 614 g/mol. The number of amides is 1. The van der Waals surface area contributed by atoms with E-state index in [4.69, 9.17) is 18.6 Å². The molecule has 240 valence electrons. The van der Waals surface area contributed by atoms with Crippen molar-refractivity contribution in [2.45, 2.75) is 52.0 Å². The summed E-state index contributed by atoms with van der Waals surface area (Å²) >= 11 is 0.843. The summed E-state index contributed by atoms with van der Waals surface area (Å²) in [5, 5.41) is 13.4. The molecule has 7 rings (SSSR count). The number of pyridine rings is 1. The Morgan fingerprint density at radius 3 is 2.70 bits per heavy atom. The molecule has 4 aromatic rings. The predicted molar refractivity (Wildman–Crippen MR) is 171 cm³/mol. The lowest BCUT2D eigenvalue weighted by atomic mass is 9.94. The molecule has 0 saturated carbocycles. The van der Waals surface area contributed by atoms with Gasteiger partial charge in [0.2, 0.25) is 5.95 Å². The van der Waals surface area contributed by atoms with Crippen LogP contribution in [0.3, 0.4) is 0 Å². The second kappa shape index (κ2) is 11.6. The lowest BCUT2D eigenvalue weighted by Gasteiger charge is -2.36. The number of hydrogen-bond acceptors (Lipinski definition) is 11. The lowest BCUT2D eigenvalue weighted by Crippen LogP contribution is -2.49. The number of benzene rings is 1. The minimum absolute atomic E-state index is 0.0333. The lowest BCUT2D eigenvalue weighted by molar-refractivity contribution is 0.0636. The number of carbonyl (C=O) groups excluding carboxylic acids is 1. The van der Waals surface area contributed by atoms with Crippen LogP contribution < -0.4 is 10.2 Å². The van der Waals surface area contributed by atoms with Crippen LogP contribution in [-0.2, 0) is 22.7 Å². The first kappa shape index (κ1) is 27.1. The number of likely N-dealkylation sites (N-methyl/N-ethyl adjacent to an activating group) is 1. The standard InChI is InChI=1S/C32H34F2N8O3S/c1-32(2,3)45-31(43)39-29-18(11-35)24-27(36-13-22(33)28(24)46-29)23-21-16-44-15-20(21)19-12-37-30(38-26(19)25(23)34)42-6-5-17(14-42)41-9-7-40(4)8-10-41/h12-13,17H,5-10,14-16H2,1-4H3,(H,39,43)/t17-/m0/s1/i4D3. The molecule has 1 atom stereocenters. The highest BCUT2D eigenvalue weighted by Crippen LogP contribution is 2.46. The Labute approximate surface area is 272 Å². The van der Waals surface area contributed by atoms with E-state index in [2.05, 4.69) is 20.2 Å². The third-order valence-corrected chi connectivity index (χ3v) is 9.71. The number of rotatable bonds is 4. The van der Waals surface area contributed by atoms with Crippen LogP contribution in [-0.4, -0.2) is 88.7 Å². The molecule has 0 aliphatic carbocycles. The Bertz CT molecular complexity index is 2020. The van der Waals surface area contributed by atoms with Gasteiger partial charge in [-0.15, -0.1) is 11.3 Å². The molecule has 0 radical (unpaired) electrons. The first-order valence-electron chi connectivity index (χ1n) is 16.6. The quantitative estimate of drug-likeness (QED) is 0.313. The van der Waals surface area contributed by atoms with Crippen LogP contribution in [0.25, 0.3) is 32.2 Å². The van der Waals surface area contributed by atoms with E-state index < -0.39 is 30.3 Å². The summed E-state index contributed by atoms with van der Waals surface area (Å²) in [7, 11) is 0. The van der Waals surface area contributed by atoms with E-state index in [1.807, 2.05) is 11.0 Å². The summed E-state index contributed by atoms with van der Waals surface area (Å²) in [4.78, 5) is 32.0. The SMILES string of the molecule is [2H]C([2H])([2H])N1CCN([C@H]2CCN(c3ncc4c5c(c(-c6ncc(F)c7sc(NC(=O)OC(C)(C)C)c(C#N)c67)c(F)c4n3)COC5)C2)CC1. The van der Waals surface area contributed by atoms with Crippen LogP contribution in [0, 0.1) is 23.0 Å². The first-order valence-corrected chi connectivity index (χ1v) is 15.9. The van der Waals surface area contributed by atoms with Gasteiger partial charge in [0, 0.05) is 72.0 Å². The normalized spacial score (nSPS) is 20.4. The summed E-state index contributed by atoms with van der Waals surface area (Å²) in [6, 6.07) is 2.22. The van der Waals surface area contributed by atoms with Gasteiger partial charge < -0.3 is 19.3 Å². The van der Waals surface area contributed by atoms with Crippen molar-refractivity contribution in [2.75, 3.05) is 56.5 Å². The van der Waals surface area contributed by atoms with Crippen molar-refractivity contribution >= 4 is 49.4 Å². The molecule has 6 heterocycles. The number of aromatic nitrogens is 3. The van der Waals surface area contributed by atoms with Crippen LogP contribution in [0.1, 0.15) is 48.0 Å². The maximum atomic E-state index is 16.9. The summed E-state index contributed by atoms with van der Waals surface area (Å²) in [6.07, 6.45) is 2.59. The molecular formula is C32H34F2N8O3S. The molecule has 0 spiro atoms. The van der Waals surface area contributed by atoms with Crippen molar-refractivity contribution in [1.29, 1.82) is 5.26 Å². The Hall–Kier alpha value is -4.03. The van der Waals surface area contributed by atoms with Crippen molar-refractivity contribution in [3.05, 3.63) is 40.7 Å². The summed E-state index contributed by atoms with van der Waals surface area (Å²) in [6.45, 7) is 6.68. The summed E-state index contributed by atoms with van der Waals surface area (Å²) in [5.74, 6) is -1.06.